The molecule has 1 rings (SSSR count). The summed E-state index contributed by atoms with van der Waals surface area (Å²) in [4.78, 5) is 3.76. The van der Waals surface area contributed by atoms with Gasteiger partial charge in [-0.1, -0.05) is 0 Å². The van der Waals surface area contributed by atoms with Crippen LogP contribution in [-0.2, 0) is 0 Å². The first kappa shape index (κ1) is 7.68. The Bertz CT molecular complexity index is 247. The molecular formula is C7H9N3O. The third-order valence-corrected chi connectivity index (χ3v) is 1.32. The van der Waals surface area contributed by atoms with Crippen molar-refractivity contribution >= 4 is 5.84 Å². The zero-order valence-corrected chi connectivity index (χ0v) is 5.86. The molecule has 58 valence electrons. The van der Waals surface area contributed by atoms with Crippen molar-refractivity contribution in [1.82, 2.24) is 4.98 Å². The number of pyridine rings is 1. The highest BCUT2D eigenvalue weighted by Gasteiger charge is 2.08. The molecule has 0 amide bonds. The second kappa shape index (κ2) is 3.12. The van der Waals surface area contributed by atoms with Crippen LogP contribution in [0.2, 0.25) is 0 Å². The van der Waals surface area contributed by atoms with Crippen molar-refractivity contribution in [3.05, 3.63) is 30.1 Å². The summed E-state index contributed by atoms with van der Waals surface area (Å²) in [6.07, 6.45) is 2.08. The smallest absolute Gasteiger partial charge is 0.136 e. The third kappa shape index (κ3) is 1.75. The van der Waals surface area contributed by atoms with E-state index in [1.165, 1.54) is 0 Å². The van der Waals surface area contributed by atoms with Crippen molar-refractivity contribution < 1.29 is 5.11 Å². The SMILES string of the molecule is N=C(N)C(O)c1ccncc1. The molecule has 0 spiro atoms. The summed E-state index contributed by atoms with van der Waals surface area (Å²) in [5, 5.41) is 16.2. The molecule has 0 aliphatic rings. The topological polar surface area (TPSA) is 83.0 Å². The van der Waals surface area contributed by atoms with Gasteiger partial charge in [0.1, 0.15) is 11.9 Å². The molecule has 0 fully saturated rings. The molecule has 11 heavy (non-hydrogen) atoms. The summed E-state index contributed by atoms with van der Waals surface area (Å²) in [7, 11) is 0. The van der Waals surface area contributed by atoms with Gasteiger partial charge in [0.2, 0.25) is 0 Å². The van der Waals surface area contributed by atoms with Crippen molar-refractivity contribution in [3.63, 3.8) is 0 Å². The molecule has 0 saturated heterocycles. The average molecular weight is 151 g/mol. The zero-order chi connectivity index (χ0) is 8.27. The van der Waals surface area contributed by atoms with E-state index in [1.54, 1.807) is 24.5 Å². The van der Waals surface area contributed by atoms with Crippen molar-refractivity contribution in [3.8, 4) is 0 Å². The summed E-state index contributed by atoms with van der Waals surface area (Å²) >= 11 is 0. The lowest BCUT2D eigenvalue weighted by Crippen LogP contribution is -2.19. The first-order chi connectivity index (χ1) is 5.22. The van der Waals surface area contributed by atoms with Crippen LogP contribution in [0.5, 0.6) is 0 Å². The quantitative estimate of drug-likeness (QED) is 0.412. The molecule has 1 aromatic heterocycles. The van der Waals surface area contributed by atoms with E-state index in [1.807, 2.05) is 0 Å². The number of rotatable bonds is 2. The van der Waals surface area contributed by atoms with Gasteiger partial charge in [-0.2, -0.15) is 0 Å². The maximum Gasteiger partial charge on any atom is 0.136 e. The first-order valence-electron chi connectivity index (χ1n) is 3.13. The minimum absolute atomic E-state index is 0.254. The van der Waals surface area contributed by atoms with Crippen LogP contribution in [0.25, 0.3) is 0 Å². The molecule has 0 radical (unpaired) electrons. The number of hydrogen-bond donors (Lipinski definition) is 3. The minimum atomic E-state index is -1.00. The van der Waals surface area contributed by atoms with Crippen LogP contribution in [0.15, 0.2) is 24.5 Å². The van der Waals surface area contributed by atoms with E-state index in [0.717, 1.165) is 0 Å². The Balaban J connectivity index is 2.85. The normalized spacial score (nSPS) is 12.5. The maximum atomic E-state index is 9.22. The van der Waals surface area contributed by atoms with Gasteiger partial charge in [-0.3, -0.25) is 10.4 Å². The van der Waals surface area contributed by atoms with E-state index in [4.69, 9.17) is 11.1 Å². The van der Waals surface area contributed by atoms with Gasteiger partial charge in [-0.15, -0.1) is 0 Å². The van der Waals surface area contributed by atoms with Gasteiger partial charge in [0.15, 0.2) is 0 Å². The fraction of sp³-hybridized carbons (Fsp3) is 0.143. The van der Waals surface area contributed by atoms with E-state index < -0.39 is 6.10 Å². The molecule has 0 saturated carbocycles. The molecule has 4 N–H and O–H groups in total. The molecule has 0 aromatic carbocycles. The molecule has 0 aliphatic heterocycles. The van der Waals surface area contributed by atoms with Gasteiger partial charge < -0.3 is 10.8 Å². The van der Waals surface area contributed by atoms with E-state index >= 15 is 0 Å². The molecule has 4 nitrogen and oxygen atoms in total. The zero-order valence-electron chi connectivity index (χ0n) is 5.86. The van der Waals surface area contributed by atoms with Crippen molar-refractivity contribution in [1.29, 1.82) is 5.41 Å². The predicted octanol–water partition coefficient (Wildman–Crippen LogP) is 0.0510. The summed E-state index contributed by atoms with van der Waals surface area (Å²) in [6, 6.07) is 3.23. The number of nitrogens with one attached hydrogen (secondary N) is 1. The number of hydrogen-bond acceptors (Lipinski definition) is 3. The van der Waals surface area contributed by atoms with Crippen LogP contribution < -0.4 is 5.73 Å². The van der Waals surface area contributed by atoms with Gasteiger partial charge in [-0.25, -0.2) is 0 Å². The average Bonchev–Trinajstić information content (AvgIpc) is 2.05. The summed E-state index contributed by atoms with van der Waals surface area (Å²) in [5.74, 6) is -0.254. The highest BCUT2D eigenvalue weighted by Crippen LogP contribution is 2.09. The third-order valence-electron chi connectivity index (χ3n) is 1.32. The van der Waals surface area contributed by atoms with Crippen LogP contribution in [-0.4, -0.2) is 15.9 Å². The van der Waals surface area contributed by atoms with Crippen LogP contribution in [0.4, 0.5) is 0 Å². The van der Waals surface area contributed by atoms with E-state index in [-0.39, 0.29) is 5.84 Å². The second-order valence-corrected chi connectivity index (χ2v) is 2.14. The monoisotopic (exact) mass is 151 g/mol. The van der Waals surface area contributed by atoms with Gasteiger partial charge in [0, 0.05) is 12.4 Å². The highest BCUT2D eigenvalue weighted by atomic mass is 16.3. The van der Waals surface area contributed by atoms with Crippen molar-refractivity contribution in [2.45, 2.75) is 6.10 Å². The first-order valence-corrected chi connectivity index (χ1v) is 3.13. The summed E-state index contributed by atoms with van der Waals surface area (Å²) in [5.41, 5.74) is 5.67. The molecule has 0 bridgehead atoms. The van der Waals surface area contributed by atoms with Crippen molar-refractivity contribution in [2.24, 2.45) is 5.73 Å². The standard InChI is InChI=1S/C7H9N3O/c8-7(9)6(11)5-1-3-10-4-2-5/h1-4,6,11H,(H3,8,9). The van der Waals surface area contributed by atoms with E-state index in [2.05, 4.69) is 4.98 Å². The van der Waals surface area contributed by atoms with Crippen LogP contribution in [0.3, 0.4) is 0 Å². The Hall–Kier alpha value is -1.42. The Labute approximate surface area is 64.2 Å². The van der Waals surface area contributed by atoms with E-state index in [0.29, 0.717) is 5.56 Å². The van der Waals surface area contributed by atoms with Crippen LogP contribution in [0, 0.1) is 5.41 Å². The molecular weight excluding hydrogens is 142 g/mol. The predicted molar refractivity (Wildman–Crippen MR) is 41.1 cm³/mol. The molecule has 0 aliphatic carbocycles. The molecule has 1 aromatic rings. The minimum Gasteiger partial charge on any atom is -0.385 e. The molecule has 1 unspecified atom stereocenters. The van der Waals surface area contributed by atoms with Gasteiger partial charge >= 0.3 is 0 Å². The van der Waals surface area contributed by atoms with Gasteiger partial charge in [0.25, 0.3) is 0 Å². The van der Waals surface area contributed by atoms with Crippen molar-refractivity contribution in [2.75, 3.05) is 0 Å². The molecule has 1 atom stereocenters. The number of nitrogens with zero attached hydrogens (tertiary/aromatic N) is 1. The summed E-state index contributed by atoms with van der Waals surface area (Å²) in [6.45, 7) is 0. The number of aromatic nitrogens is 1. The van der Waals surface area contributed by atoms with Crippen LogP contribution in [0.1, 0.15) is 11.7 Å². The Morgan fingerprint density at radius 1 is 1.55 bits per heavy atom. The lowest BCUT2D eigenvalue weighted by molar-refractivity contribution is 0.245. The Kier molecular flexibility index (Phi) is 2.18. The largest absolute Gasteiger partial charge is 0.385 e. The number of nitrogens with two attached hydrogens (primary N) is 1. The lowest BCUT2D eigenvalue weighted by Gasteiger charge is -2.06. The van der Waals surface area contributed by atoms with Gasteiger partial charge in [-0.05, 0) is 17.7 Å². The Morgan fingerprint density at radius 3 is 2.55 bits per heavy atom. The summed E-state index contributed by atoms with van der Waals surface area (Å²) < 4.78 is 0. The number of aliphatic hydroxyl groups excluding tert-OH is 1. The lowest BCUT2D eigenvalue weighted by atomic mass is 10.1. The highest BCUT2D eigenvalue weighted by molar-refractivity contribution is 5.82. The number of aliphatic hydroxyl groups is 1. The van der Waals surface area contributed by atoms with Gasteiger partial charge in [0.05, 0.1) is 0 Å². The maximum absolute atomic E-state index is 9.22. The fourth-order valence-electron chi connectivity index (χ4n) is 0.725. The fourth-order valence-corrected chi connectivity index (χ4v) is 0.725. The van der Waals surface area contributed by atoms with Crippen LogP contribution >= 0.6 is 0 Å². The van der Waals surface area contributed by atoms with E-state index in [9.17, 15) is 5.11 Å². The molecule has 1 heterocycles. The Morgan fingerprint density at radius 2 is 2.09 bits per heavy atom. The second-order valence-electron chi connectivity index (χ2n) is 2.14. The number of amidine groups is 1. The molecule has 4 heteroatoms.